The summed E-state index contributed by atoms with van der Waals surface area (Å²) in [5.41, 5.74) is 1.32. The Morgan fingerprint density at radius 2 is 1.63 bits per heavy atom. The van der Waals surface area contributed by atoms with E-state index >= 15 is 0 Å². The van der Waals surface area contributed by atoms with Gasteiger partial charge in [-0.3, -0.25) is 9.10 Å². The van der Waals surface area contributed by atoms with Crippen LogP contribution in [0.5, 0.6) is 0 Å². The third-order valence-corrected chi connectivity index (χ3v) is 6.85. The number of ketones is 1. The second-order valence-corrected chi connectivity index (χ2v) is 8.72. The Bertz CT molecular complexity index is 1050. The number of aliphatic hydroxyl groups excluding tert-OH is 1. The normalized spacial score (nSPS) is 24.7. The summed E-state index contributed by atoms with van der Waals surface area (Å²) in [6.45, 7) is 0. The molecule has 3 unspecified atom stereocenters. The molecule has 1 aliphatic carbocycles. The lowest BCUT2D eigenvalue weighted by Crippen LogP contribution is -2.43. The third-order valence-electron chi connectivity index (χ3n) is 4.82. The molecule has 4 rings (SSSR count). The van der Waals surface area contributed by atoms with Crippen LogP contribution >= 0.6 is 11.6 Å². The van der Waals surface area contributed by atoms with Crippen LogP contribution < -0.4 is 0 Å². The van der Waals surface area contributed by atoms with Crippen LogP contribution in [-0.2, 0) is 14.8 Å². The zero-order chi connectivity index (χ0) is 19.2. The molecule has 2 aromatic carbocycles. The number of carbonyl (C=O) groups excluding carboxylic acids is 1. The van der Waals surface area contributed by atoms with E-state index in [0.717, 1.165) is 5.56 Å². The topological polar surface area (TPSA) is 74.7 Å². The molecular weight excluding hydrogens is 386 g/mol. The lowest BCUT2D eigenvalue weighted by Gasteiger charge is -2.30. The number of halogens is 1. The van der Waals surface area contributed by atoms with Gasteiger partial charge >= 0.3 is 0 Å². The molecule has 2 aliphatic rings. The predicted octanol–water partition coefficient (Wildman–Crippen LogP) is 2.87. The van der Waals surface area contributed by atoms with Gasteiger partial charge in [-0.1, -0.05) is 54.1 Å². The monoisotopic (exact) mass is 401 g/mol. The van der Waals surface area contributed by atoms with Gasteiger partial charge in [0.2, 0.25) is 0 Å². The molecule has 0 aromatic heterocycles. The Morgan fingerprint density at radius 1 is 0.963 bits per heavy atom. The maximum absolute atomic E-state index is 13.2. The number of hydrogen-bond acceptors (Lipinski definition) is 4. The molecule has 0 amide bonds. The fourth-order valence-corrected chi connectivity index (χ4v) is 5.11. The summed E-state index contributed by atoms with van der Waals surface area (Å²) in [7, 11) is -3.89. The lowest BCUT2D eigenvalue weighted by atomic mass is 9.81. The average Bonchev–Trinajstić information content (AvgIpc) is 3.07. The highest BCUT2D eigenvalue weighted by Crippen LogP contribution is 2.42. The summed E-state index contributed by atoms with van der Waals surface area (Å²) in [5.74, 6) is -1.17. The fourth-order valence-electron chi connectivity index (χ4n) is 3.49. The minimum atomic E-state index is -3.89. The number of aliphatic hydroxyl groups is 1. The first-order valence-corrected chi connectivity index (χ1v) is 10.2. The Hall–Kier alpha value is -2.41. The molecule has 0 fully saturated rings. The second-order valence-electron chi connectivity index (χ2n) is 6.44. The SMILES string of the molecule is O=C1C(O)C=CC2C1C(c1ccccc1)=CN2S(=O)(=O)c1ccc(Cl)cc1. The molecule has 3 atom stereocenters. The number of carbonyl (C=O) groups is 1. The molecule has 2 aromatic rings. The number of benzene rings is 2. The molecule has 5 nitrogen and oxygen atoms in total. The van der Waals surface area contributed by atoms with Gasteiger partial charge in [0.1, 0.15) is 6.10 Å². The third kappa shape index (κ3) is 3.00. The quantitative estimate of drug-likeness (QED) is 0.802. The summed E-state index contributed by atoms with van der Waals surface area (Å²) >= 11 is 5.87. The highest BCUT2D eigenvalue weighted by atomic mass is 35.5. The predicted molar refractivity (Wildman–Crippen MR) is 102 cm³/mol. The molecule has 1 N–H and O–H groups in total. The molecule has 138 valence electrons. The highest BCUT2D eigenvalue weighted by molar-refractivity contribution is 7.89. The van der Waals surface area contributed by atoms with E-state index in [1.807, 2.05) is 30.3 Å². The Kier molecular flexibility index (Phi) is 4.42. The van der Waals surface area contributed by atoms with Crippen molar-refractivity contribution in [1.29, 1.82) is 0 Å². The van der Waals surface area contributed by atoms with Gasteiger partial charge in [-0.25, -0.2) is 8.42 Å². The largest absolute Gasteiger partial charge is 0.381 e. The molecule has 0 radical (unpaired) electrons. The van der Waals surface area contributed by atoms with Crippen molar-refractivity contribution in [2.45, 2.75) is 17.0 Å². The minimum Gasteiger partial charge on any atom is -0.381 e. The lowest BCUT2D eigenvalue weighted by molar-refractivity contribution is -0.128. The molecule has 0 saturated carbocycles. The van der Waals surface area contributed by atoms with Gasteiger partial charge < -0.3 is 5.11 Å². The second kappa shape index (κ2) is 6.64. The summed E-state index contributed by atoms with van der Waals surface area (Å²) in [6.07, 6.45) is 3.18. The fraction of sp³-hybridized carbons (Fsp3) is 0.150. The zero-order valence-corrected chi connectivity index (χ0v) is 15.6. The number of hydrogen-bond donors (Lipinski definition) is 1. The first kappa shape index (κ1) is 18.0. The Balaban J connectivity index is 1.85. The number of nitrogens with zero attached hydrogens (tertiary/aromatic N) is 1. The summed E-state index contributed by atoms with van der Waals surface area (Å²) in [5, 5.41) is 10.4. The van der Waals surface area contributed by atoms with E-state index in [1.165, 1.54) is 40.8 Å². The molecule has 7 heteroatoms. The van der Waals surface area contributed by atoms with Crippen molar-refractivity contribution in [3.8, 4) is 0 Å². The first-order chi connectivity index (χ1) is 12.9. The summed E-state index contributed by atoms with van der Waals surface area (Å²) in [6, 6.07) is 14.3. The summed E-state index contributed by atoms with van der Waals surface area (Å²) in [4.78, 5) is 12.7. The molecule has 0 saturated heterocycles. The van der Waals surface area contributed by atoms with Crippen molar-refractivity contribution >= 4 is 33.0 Å². The molecule has 1 aliphatic heterocycles. The van der Waals surface area contributed by atoms with Crippen molar-refractivity contribution in [3.05, 3.63) is 83.5 Å². The van der Waals surface area contributed by atoms with Crippen LogP contribution in [0.25, 0.3) is 5.57 Å². The van der Waals surface area contributed by atoms with Gasteiger partial charge in [-0.2, -0.15) is 0 Å². The van der Waals surface area contributed by atoms with E-state index < -0.39 is 33.9 Å². The number of sulfonamides is 1. The van der Waals surface area contributed by atoms with Gasteiger partial charge in [0.15, 0.2) is 5.78 Å². The average molecular weight is 402 g/mol. The Morgan fingerprint density at radius 3 is 2.30 bits per heavy atom. The zero-order valence-electron chi connectivity index (χ0n) is 14.1. The molecule has 27 heavy (non-hydrogen) atoms. The van der Waals surface area contributed by atoms with E-state index in [-0.39, 0.29) is 4.90 Å². The van der Waals surface area contributed by atoms with Crippen molar-refractivity contribution in [2.24, 2.45) is 5.92 Å². The summed E-state index contributed by atoms with van der Waals surface area (Å²) < 4.78 is 27.6. The van der Waals surface area contributed by atoms with Gasteiger partial charge in [-0.05, 0) is 35.4 Å². The first-order valence-electron chi connectivity index (χ1n) is 8.36. The molecular formula is C20H16ClNO4S. The van der Waals surface area contributed by atoms with Crippen molar-refractivity contribution < 1.29 is 18.3 Å². The van der Waals surface area contributed by atoms with E-state index in [9.17, 15) is 18.3 Å². The molecule has 0 spiro atoms. The smallest absolute Gasteiger partial charge is 0.264 e. The Labute approximate surface area is 162 Å². The van der Waals surface area contributed by atoms with Crippen LogP contribution in [0.15, 0.2) is 77.8 Å². The van der Waals surface area contributed by atoms with Crippen LogP contribution in [0.1, 0.15) is 5.56 Å². The highest BCUT2D eigenvalue weighted by Gasteiger charge is 2.47. The number of Topliss-reactive ketones (excluding diaryl/α,β-unsaturated/α-hetero) is 1. The van der Waals surface area contributed by atoms with Crippen molar-refractivity contribution in [1.82, 2.24) is 4.31 Å². The van der Waals surface area contributed by atoms with Crippen molar-refractivity contribution in [2.75, 3.05) is 0 Å². The van der Waals surface area contributed by atoms with Crippen LogP contribution in [0, 0.1) is 5.92 Å². The maximum Gasteiger partial charge on any atom is 0.264 e. The molecule has 0 bridgehead atoms. The van der Waals surface area contributed by atoms with Crippen LogP contribution in [0.2, 0.25) is 5.02 Å². The van der Waals surface area contributed by atoms with Crippen molar-refractivity contribution in [3.63, 3.8) is 0 Å². The van der Waals surface area contributed by atoms with E-state index in [1.54, 1.807) is 6.08 Å². The minimum absolute atomic E-state index is 0.0863. The van der Waals surface area contributed by atoms with Gasteiger partial charge in [0.25, 0.3) is 10.0 Å². The number of rotatable bonds is 3. The van der Waals surface area contributed by atoms with Gasteiger partial charge in [0.05, 0.1) is 16.9 Å². The van der Waals surface area contributed by atoms with E-state index in [4.69, 9.17) is 11.6 Å². The standard InChI is InChI=1S/C20H16ClNO4S/c21-14-6-8-15(9-7-14)27(25,26)22-12-16(13-4-2-1-3-5-13)19-17(22)10-11-18(23)20(19)24/h1-12,17-19,23H. The van der Waals surface area contributed by atoms with Crippen LogP contribution in [-0.4, -0.2) is 35.8 Å². The maximum atomic E-state index is 13.2. The van der Waals surface area contributed by atoms with E-state index in [0.29, 0.717) is 10.6 Å². The van der Waals surface area contributed by atoms with Gasteiger partial charge in [0, 0.05) is 11.2 Å². The van der Waals surface area contributed by atoms with Crippen LogP contribution in [0.3, 0.4) is 0 Å². The van der Waals surface area contributed by atoms with E-state index in [2.05, 4.69) is 0 Å². The molecule has 1 heterocycles. The number of fused-ring (bicyclic) bond motifs is 1. The van der Waals surface area contributed by atoms with Gasteiger partial charge in [-0.15, -0.1) is 0 Å². The van der Waals surface area contributed by atoms with Crippen LogP contribution in [0.4, 0.5) is 0 Å².